The third kappa shape index (κ3) is 3.36. The van der Waals surface area contributed by atoms with Crippen LogP contribution >= 0.6 is 15.9 Å². The van der Waals surface area contributed by atoms with Crippen molar-refractivity contribution < 1.29 is 13.2 Å². The molecule has 7 heteroatoms. The number of nitrogens with zero attached hydrogens (tertiary/aromatic N) is 2. The predicted molar refractivity (Wildman–Crippen MR) is 88.7 cm³/mol. The fourth-order valence-corrected chi connectivity index (χ4v) is 5.37. The topological polar surface area (TPSA) is 57.7 Å². The summed E-state index contributed by atoms with van der Waals surface area (Å²) in [5, 5.41) is 0. The van der Waals surface area contributed by atoms with Gasteiger partial charge in [0.1, 0.15) is 0 Å². The second-order valence-electron chi connectivity index (χ2n) is 5.86. The number of amides is 1. The zero-order valence-corrected chi connectivity index (χ0v) is 14.6. The van der Waals surface area contributed by atoms with Crippen LogP contribution in [0.15, 0.2) is 28.7 Å². The van der Waals surface area contributed by atoms with Crippen molar-refractivity contribution in [2.24, 2.45) is 0 Å². The molecule has 1 aromatic rings. The normalized spacial score (nSPS) is 25.3. The van der Waals surface area contributed by atoms with Crippen molar-refractivity contribution in [2.45, 2.75) is 12.5 Å². The molecule has 0 N–H and O–H groups in total. The maximum atomic E-state index is 12.5. The number of carbonyl (C=O) groups is 1. The number of piperazine rings is 1. The van der Waals surface area contributed by atoms with E-state index in [0.29, 0.717) is 24.4 Å². The van der Waals surface area contributed by atoms with Crippen LogP contribution in [-0.2, 0) is 9.84 Å². The molecular formula is C15H19BrN2O3S. The van der Waals surface area contributed by atoms with Gasteiger partial charge in [0.25, 0.3) is 5.91 Å². The van der Waals surface area contributed by atoms with E-state index in [-0.39, 0.29) is 17.7 Å². The molecule has 5 nitrogen and oxygen atoms in total. The largest absolute Gasteiger partial charge is 0.336 e. The highest BCUT2D eigenvalue weighted by Gasteiger charge is 2.34. The van der Waals surface area contributed by atoms with E-state index in [1.807, 2.05) is 29.2 Å². The Hall–Kier alpha value is -0.920. The standard InChI is InChI=1S/C15H19BrN2O3S/c16-14-4-2-1-3-13(14)15(19)18-8-6-17(7-9-18)12-5-10-22(20,21)11-12/h1-4,12H,5-11H2. The molecule has 0 saturated carbocycles. The van der Waals surface area contributed by atoms with E-state index in [1.54, 1.807) is 0 Å². The molecule has 3 rings (SSSR count). The van der Waals surface area contributed by atoms with Crippen LogP contribution in [0.5, 0.6) is 0 Å². The first-order valence-corrected chi connectivity index (χ1v) is 10.1. The van der Waals surface area contributed by atoms with Gasteiger partial charge in [0, 0.05) is 36.7 Å². The maximum absolute atomic E-state index is 12.5. The smallest absolute Gasteiger partial charge is 0.255 e. The molecule has 2 fully saturated rings. The van der Waals surface area contributed by atoms with Gasteiger partial charge in [0.05, 0.1) is 17.1 Å². The van der Waals surface area contributed by atoms with Crippen LogP contribution in [0.25, 0.3) is 0 Å². The fraction of sp³-hybridized carbons (Fsp3) is 0.533. The predicted octanol–water partition coefficient (Wildman–Crippen LogP) is 1.39. The van der Waals surface area contributed by atoms with Gasteiger partial charge in [-0.1, -0.05) is 12.1 Å². The SMILES string of the molecule is O=C(c1ccccc1Br)N1CCN(C2CCS(=O)(=O)C2)CC1. The van der Waals surface area contributed by atoms with Crippen molar-refractivity contribution in [2.75, 3.05) is 37.7 Å². The van der Waals surface area contributed by atoms with Crippen molar-refractivity contribution in [3.63, 3.8) is 0 Å². The Labute approximate surface area is 139 Å². The molecule has 1 aromatic carbocycles. The van der Waals surface area contributed by atoms with Crippen molar-refractivity contribution in [1.82, 2.24) is 9.80 Å². The van der Waals surface area contributed by atoms with Crippen LogP contribution < -0.4 is 0 Å². The van der Waals surface area contributed by atoms with Crippen molar-refractivity contribution in [1.29, 1.82) is 0 Å². The molecule has 1 amide bonds. The second-order valence-corrected chi connectivity index (χ2v) is 8.95. The molecule has 0 aromatic heterocycles. The van der Waals surface area contributed by atoms with Gasteiger partial charge in [0.15, 0.2) is 9.84 Å². The third-order valence-corrected chi connectivity index (χ3v) is 6.87. The second kappa shape index (κ2) is 6.29. The Balaban J connectivity index is 1.60. The van der Waals surface area contributed by atoms with Gasteiger partial charge < -0.3 is 4.90 Å². The summed E-state index contributed by atoms with van der Waals surface area (Å²) >= 11 is 3.42. The molecule has 22 heavy (non-hydrogen) atoms. The molecule has 2 heterocycles. The first-order valence-electron chi connectivity index (χ1n) is 7.44. The summed E-state index contributed by atoms with van der Waals surface area (Å²) in [6.45, 7) is 2.79. The summed E-state index contributed by atoms with van der Waals surface area (Å²) < 4.78 is 24.0. The van der Waals surface area contributed by atoms with Crippen LogP contribution in [-0.4, -0.2) is 67.9 Å². The van der Waals surface area contributed by atoms with Gasteiger partial charge >= 0.3 is 0 Å². The maximum Gasteiger partial charge on any atom is 0.255 e. The number of halogens is 1. The van der Waals surface area contributed by atoms with Gasteiger partial charge in [0.2, 0.25) is 0 Å². The highest BCUT2D eigenvalue weighted by Crippen LogP contribution is 2.22. The molecule has 1 unspecified atom stereocenters. The van der Waals surface area contributed by atoms with E-state index >= 15 is 0 Å². The van der Waals surface area contributed by atoms with Gasteiger partial charge in [-0.05, 0) is 34.5 Å². The molecule has 2 saturated heterocycles. The van der Waals surface area contributed by atoms with E-state index in [2.05, 4.69) is 20.8 Å². The Kier molecular flexibility index (Phi) is 4.56. The minimum absolute atomic E-state index is 0.0335. The molecule has 2 aliphatic rings. The zero-order chi connectivity index (χ0) is 15.7. The highest BCUT2D eigenvalue weighted by atomic mass is 79.9. The Morgan fingerprint density at radius 1 is 1.14 bits per heavy atom. The number of sulfone groups is 1. The lowest BCUT2D eigenvalue weighted by Crippen LogP contribution is -2.52. The first kappa shape index (κ1) is 16.0. The number of carbonyl (C=O) groups excluding carboxylic acids is 1. The van der Waals surface area contributed by atoms with Crippen molar-refractivity contribution in [3.05, 3.63) is 34.3 Å². The minimum Gasteiger partial charge on any atom is -0.336 e. The van der Waals surface area contributed by atoms with E-state index in [0.717, 1.165) is 24.0 Å². The lowest BCUT2D eigenvalue weighted by molar-refractivity contribution is 0.0587. The minimum atomic E-state index is -2.85. The van der Waals surface area contributed by atoms with Crippen LogP contribution in [0.4, 0.5) is 0 Å². The Bertz CT molecular complexity index is 669. The van der Waals surface area contributed by atoms with Gasteiger partial charge in [-0.3, -0.25) is 9.69 Å². The number of hydrogen-bond acceptors (Lipinski definition) is 4. The quantitative estimate of drug-likeness (QED) is 0.770. The lowest BCUT2D eigenvalue weighted by Gasteiger charge is -2.37. The monoisotopic (exact) mass is 386 g/mol. The number of hydrogen-bond donors (Lipinski definition) is 0. The van der Waals surface area contributed by atoms with Gasteiger partial charge in [-0.15, -0.1) is 0 Å². The zero-order valence-electron chi connectivity index (χ0n) is 12.2. The van der Waals surface area contributed by atoms with E-state index in [4.69, 9.17) is 0 Å². The third-order valence-electron chi connectivity index (χ3n) is 4.43. The van der Waals surface area contributed by atoms with Crippen molar-refractivity contribution in [3.8, 4) is 0 Å². The van der Waals surface area contributed by atoms with Crippen LogP contribution in [0.1, 0.15) is 16.8 Å². The van der Waals surface area contributed by atoms with Crippen molar-refractivity contribution >= 4 is 31.7 Å². The number of rotatable bonds is 2. The highest BCUT2D eigenvalue weighted by molar-refractivity contribution is 9.10. The molecule has 0 spiro atoms. The summed E-state index contributed by atoms with van der Waals surface area (Å²) in [5.74, 6) is 0.602. The fourth-order valence-electron chi connectivity index (χ4n) is 3.16. The number of benzene rings is 1. The van der Waals surface area contributed by atoms with E-state index in [9.17, 15) is 13.2 Å². The summed E-state index contributed by atoms with van der Waals surface area (Å²) in [5.41, 5.74) is 0.680. The average molecular weight is 387 g/mol. The van der Waals surface area contributed by atoms with Crippen LogP contribution in [0.3, 0.4) is 0 Å². The molecule has 1 atom stereocenters. The van der Waals surface area contributed by atoms with E-state index < -0.39 is 9.84 Å². The van der Waals surface area contributed by atoms with Gasteiger partial charge in [-0.25, -0.2) is 8.42 Å². The summed E-state index contributed by atoms with van der Waals surface area (Å²) in [4.78, 5) is 16.6. The summed E-state index contributed by atoms with van der Waals surface area (Å²) in [6.07, 6.45) is 0.723. The summed E-state index contributed by atoms with van der Waals surface area (Å²) in [7, 11) is -2.85. The Morgan fingerprint density at radius 2 is 1.82 bits per heavy atom. The molecule has 2 aliphatic heterocycles. The molecule has 0 radical (unpaired) electrons. The average Bonchev–Trinajstić information content (AvgIpc) is 2.87. The molecular weight excluding hydrogens is 368 g/mol. The Morgan fingerprint density at radius 3 is 2.41 bits per heavy atom. The molecule has 0 bridgehead atoms. The van der Waals surface area contributed by atoms with E-state index in [1.165, 1.54) is 0 Å². The summed E-state index contributed by atoms with van der Waals surface area (Å²) in [6, 6.07) is 7.57. The van der Waals surface area contributed by atoms with Crippen LogP contribution in [0.2, 0.25) is 0 Å². The lowest BCUT2D eigenvalue weighted by atomic mass is 10.1. The van der Waals surface area contributed by atoms with Crippen LogP contribution in [0, 0.1) is 0 Å². The molecule has 120 valence electrons. The molecule has 0 aliphatic carbocycles. The van der Waals surface area contributed by atoms with Gasteiger partial charge in [-0.2, -0.15) is 0 Å². The first-order chi connectivity index (χ1) is 10.5.